The maximum absolute atomic E-state index is 11.9. The van der Waals surface area contributed by atoms with Crippen molar-refractivity contribution in [2.24, 2.45) is 0 Å². The maximum Gasteiger partial charge on any atom is 0.313 e. The van der Waals surface area contributed by atoms with Gasteiger partial charge in [-0.2, -0.15) is 11.8 Å². The van der Waals surface area contributed by atoms with Gasteiger partial charge < -0.3 is 15.7 Å². The standard InChI is InChI=1S/C17H26N2O3S/c1-12(2)13-5-7-14(8-6-13)19-16(21)15(20)18-11-17(3,22)9-10-23-4/h5-8,12,22H,9-11H2,1-4H3,(H,18,20)(H,19,21)/t17-/m1/s1. The molecule has 23 heavy (non-hydrogen) atoms. The zero-order valence-electron chi connectivity index (χ0n) is 14.2. The molecule has 0 unspecified atom stereocenters. The first-order valence-electron chi connectivity index (χ1n) is 7.65. The van der Waals surface area contributed by atoms with E-state index < -0.39 is 17.4 Å². The van der Waals surface area contributed by atoms with E-state index in [9.17, 15) is 14.7 Å². The Labute approximate surface area is 142 Å². The monoisotopic (exact) mass is 338 g/mol. The molecule has 2 amide bonds. The lowest BCUT2D eigenvalue weighted by Crippen LogP contribution is -2.44. The number of benzene rings is 1. The van der Waals surface area contributed by atoms with Crippen LogP contribution in [0.1, 0.15) is 38.7 Å². The van der Waals surface area contributed by atoms with E-state index in [1.54, 1.807) is 30.8 Å². The summed E-state index contributed by atoms with van der Waals surface area (Å²) in [6, 6.07) is 7.39. The van der Waals surface area contributed by atoms with Gasteiger partial charge in [-0.15, -0.1) is 0 Å². The molecule has 0 aromatic heterocycles. The van der Waals surface area contributed by atoms with E-state index in [1.165, 1.54) is 0 Å². The van der Waals surface area contributed by atoms with Crippen LogP contribution in [0.4, 0.5) is 5.69 Å². The van der Waals surface area contributed by atoms with Gasteiger partial charge in [0, 0.05) is 12.2 Å². The smallest absolute Gasteiger partial charge is 0.313 e. The average Bonchev–Trinajstić information content (AvgIpc) is 2.51. The second kappa shape index (κ2) is 8.93. The van der Waals surface area contributed by atoms with Gasteiger partial charge in [0.1, 0.15) is 0 Å². The Morgan fingerprint density at radius 1 is 1.22 bits per heavy atom. The fourth-order valence-electron chi connectivity index (χ4n) is 1.90. The number of anilines is 1. The Morgan fingerprint density at radius 3 is 2.35 bits per heavy atom. The Hall–Kier alpha value is -1.53. The van der Waals surface area contributed by atoms with E-state index in [-0.39, 0.29) is 6.54 Å². The molecule has 0 fully saturated rings. The van der Waals surface area contributed by atoms with Crippen molar-refractivity contribution in [1.29, 1.82) is 0 Å². The Balaban J connectivity index is 2.49. The summed E-state index contributed by atoms with van der Waals surface area (Å²) in [7, 11) is 0. The minimum Gasteiger partial charge on any atom is -0.388 e. The molecule has 0 bridgehead atoms. The van der Waals surface area contributed by atoms with Gasteiger partial charge in [-0.1, -0.05) is 26.0 Å². The molecule has 0 radical (unpaired) electrons. The molecule has 1 aromatic carbocycles. The zero-order valence-corrected chi connectivity index (χ0v) is 15.0. The molecular formula is C17H26N2O3S. The largest absolute Gasteiger partial charge is 0.388 e. The molecule has 0 heterocycles. The Bertz CT molecular complexity index is 527. The number of amides is 2. The van der Waals surface area contributed by atoms with Crippen LogP contribution in [-0.2, 0) is 9.59 Å². The molecule has 0 aliphatic heterocycles. The van der Waals surface area contributed by atoms with E-state index in [0.717, 1.165) is 11.3 Å². The fraction of sp³-hybridized carbons (Fsp3) is 0.529. The lowest BCUT2D eigenvalue weighted by molar-refractivity contribution is -0.136. The summed E-state index contributed by atoms with van der Waals surface area (Å²) >= 11 is 1.62. The number of hydrogen-bond donors (Lipinski definition) is 3. The third kappa shape index (κ3) is 7.05. The maximum atomic E-state index is 11.9. The Morgan fingerprint density at radius 2 is 1.83 bits per heavy atom. The summed E-state index contributed by atoms with van der Waals surface area (Å²) in [4.78, 5) is 23.7. The van der Waals surface area contributed by atoms with E-state index in [4.69, 9.17) is 0 Å². The summed E-state index contributed by atoms with van der Waals surface area (Å²) in [5, 5.41) is 15.1. The van der Waals surface area contributed by atoms with Crippen LogP contribution in [0.25, 0.3) is 0 Å². The number of aliphatic hydroxyl groups is 1. The number of hydrogen-bond acceptors (Lipinski definition) is 4. The van der Waals surface area contributed by atoms with Gasteiger partial charge in [0.15, 0.2) is 0 Å². The van der Waals surface area contributed by atoms with E-state index in [2.05, 4.69) is 24.5 Å². The summed E-state index contributed by atoms with van der Waals surface area (Å²) in [6.07, 6.45) is 2.50. The second-order valence-corrected chi connectivity index (χ2v) is 7.14. The SMILES string of the molecule is CSCC[C@@](C)(O)CNC(=O)C(=O)Nc1ccc(C(C)C)cc1. The van der Waals surface area contributed by atoms with Crippen molar-refractivity contribution < 1.29 is 14.7 Å². The minimum absolute atomic E-state index is 0.0477. The summed E-state index contributed by atoms with van der Waals surface area (Å²) < 4.78 is 0. The van der Waals surface area contributed by atoms with Gasteiger partial charge in [-0.05, 0) is 49.0 Å². The highest BCUT2D eigenvalue weighted by Crippen LogP contribution is 2.17. The van der Waals surface area contributed by atoms with E-state index >= 15 is 0 Å². The highest BCUT2D eigenvalue weighted by molar-refractivity contribution is 7.98. The lowest BCUT2D eigenvalue weighted by Gasteiger charge is -2.23. The van der Waals surface area contributed by atoms with E-state index in [1.807, 2.05) is 18.4 Å². The van der Waals surface area contributed by atoms with Crippen molar-refractivity contribution in [3.05, 3.63) is 29.8 Å². The van der Waals surface area contributed by atoms with Crippen LogP contribution in [0.5, 0.6) is 0 Å². The van der Waals surface area contributed by atoms with Gasteiger partial charge in [0.25, 0.3) is 0 Å². The normalized spacial score (nSPS) is 13.5. The van der Waals surface area contributed by atoms with Crippen molar-refractivity contribution in [2.45, 2.75) is 38.7 Å². The highest BCUT2D eigenvalue weighted by Gasteiger charge is 2.22. The van der Waals surface area contributed by atoms with Crippen LogP contribution in [0.3, 0.4) is 0 Å². The van der Waals surface area contributed by atoms with Gasteiger partial charge in [-0.25, -0.2) is 0 Å². The first-order valence-corrected chi connectivity index (χ1v) is 9.05. The third-order valence-electron chi connectivity index (χ3n) is 3.52. The number of thioether (sulfide) groups is 1. The predicted molar refractivity (Wildman–Crippen MR) is 95.8 cm³/mol. The van der Waals surface area contributed by atoms with Crippen LogP contribution in [0.15, 0.2) is 24.3 Å². The first kappa shape index (κ1) is 19.5. The molecule has 0 saturated heterocycles. The quantitative estimate of drug-likeness (QED) is 0.667. The van der Waals surface area contributed by atoms with Crippen LogP contribution >= 0.6 is 11.8 Å². The zero-order chi connectivity index (χ0) is 17.5. The molecule has 6 heteroatoms. The van der Waals surface area contributed by atoms with Crippen LogP contribution in [0.2, 0.25) is 0 Å². The minimum atomic E-state index is -1.02. The van der Waals surface area contributed by atoms with Crippen LogP contribution in [0, 0.1) is 0 Å². The van der Waals surface area contributed by atoms with Gasteiger partial charge in [0.05, 0.1) is 5.60 Å². The molecular weight excluding hydrogens is 312 g/mol. The molecule has 1 atom stereocenters. The molecule has 0 saturated carbocycles. The number of carbonyl (C=O) groups is 2. The summed E-state index contributed by atoms with van der Waals surface area (Å²) in [5.41, 5.74) is 0.721. The van der Waals surface area contributed by atoms with Gasteiger partial charge in [-0.3, -0.25) is 9.59 Å². The number of nitrogens with one attached hydrogen (secondary N) is 2. The molecule has 5 nitrogen and oxygen atoms in total. The lowest BCUT2D eigenvalue weighted by atomic mass is 10.0. The van der Waals surface area contributed by atoms with Crippen molar-refractivity contribution >= 4 is 29.3 Å². The van der Waals surface area contributed by atoms with Gasteiger partial charge in [0.2, 0.25) is 0 Å². The van der Waals surface area contributed by atoms with Crippen molar-refractivity contribution in [2.75, 3.05) is 23.9 Å². The van der Waals surface area contributed by atoms with Crippen LogP contribution < -0.4 is 10.6 Å². The molecule has 0 aliphatic rings. The summed E-state index contributed by atoms with van der Waals surface area (Å²) in [5.74, 6) is -0.283. The van der Waals surface area contributed by atoms with Crippen LogP contribution in [-0.4, -0.2) is 41.1 Å². The molecule has 1 rings (SSSR count). The molecule has 1 aromatic rings. The molecule has 3 N–H and O–H groups in total. The van der Waals surface area contributed by atoms with Crippen molar-refractivity contribution in [3.63, 3.8) is 0 Å². The van der Waals surface area contributed by atoms with Gasteiger partial charge >= 0.3 is 11.8 Å². The molecule has 0 spiro atoms. The fourth-order valence-corrected chi connectivity index (χ4v) is 2.54. The van der Waals surface area contributed by atoms with Crippen molar-refractivity contribution in [1.82, 2.24) is 5.32 Å². The topological polar surface area (TPSA) is 78.4 Å². The molecule has 128 valence electrons. The van der Waals surface area contributed by atoms with E-state index in [0.29, 0.717) is 18.0 Å². The Kier molecular flexibility index (Phi) is 7.58. The average molecular weight is 338 g/mol. The third-order valence-corrected chi connectivity index (χ3v) is 4.13. The highest BCUT2D eigenvalue weighted by atomic mass is 32.2. The second-order valence-electron chi connectivity index (χ2n) is 6.15. The first-order chi connectivity index (χ1) is 10.7. The number of rotatable bonds is 7. The summed E-state index contributed by atoms with van der Waals surface area (Å²) in [6.45, 7) is 5.87. The predicted octanol–water partition coefficient (Wildman–Crippen LogP) is 2.37. The van der Waals surface area contributed by atoms with Crippen molar-refractivity contribution in [3.8, 4) is 0 Å². The molecule has 0 aliphatic carbocycles. The number of carbonyl (C=O) groups excluding carboxylic acids is 2.